The summed E-state index contributed by atoms with van der Waals surface area (Å²) in [7, 11) is 0. The maximum Gasteiger partial charge on any atom is 0.129 e. The molecule has 100 valence electrons. The maximum absolute atomic E-state index is 9.60. The molecule has 2 rings (SSSR count). The van der Waals surface area contributed by atoms with Gasteiger partial charge in [0.25, 0.3) is 0 Å². The van der Waals surface area contributed by atoms with Gasteiger partial charge in [0.1, 0.15) is 5.82 Å². The van der Waals surface area contributed by atoms with E-state index in [9.17, 15) is 10.2 Å². The summed E-state index contributed by atoms with van der Waals surface area (Å²) < 4.78 is 5.50. The van der Waals surface area contributed by atoms with E-state index < -0.39 is 6.10 Å². The number of aliphatic hydroxyl groups excluding tert-OH is 2. The van der Waals surface area contributed by atoms with Crippen LogP contribution in [0.4, 0.5) is 5.82 Å². The number of pyridine rings is 1. The molecule has 1 aliphatic rings. The van der Waals surface area contributed by atoms with Crippen molar-refractivity contribution in [2.75, 3.05) is 24.7 Å². The van der Waals surface area contributed by atoms with Gasteiger partial charge in [0.05, 0.1) is 31.5 Å². The van der Waals surface area contributed by atoms with E-state index in [1.165, 1.54) is 0 Å². The lowest BCUT2D eigenvalue weighted by Crippen LogP contribution is -2.50. The second kappa shape index (κ2) is 5.65. The van der Waals surface area contributed by atoms with Gasteiger partial charge >= 0.3 is 0 Å². The summed E-state index contributed by atoms with van der Waals surface area (Å²) in [6.45, 7) is 5.00. The molecule has 0 saturated carbocycles. The molecule has 1 saturated heterocycles. The number of hydrogen-bond donors (Lipinski definition) is 2. The van der Waals surface area contributed by atoms with Crippen molar-refractivity contribution in [2.45, 2.75) is 32.1 Å². The van der Waals surface area contributed by atoms with Gasteiger partial charge in [0, 0.05) is 12.7 Å². The zero-order valence-corrected chi connectivity index (χ0v) is 10.8. The van der Waals surface area contributed by atoms with Crippen molar-refractivity contribution in [3.05, 3.63) is 23.9 Å². The Kier molecular flexibility index (Phi) is 4.16. The number of nitrogens with zero attached hydrogens (tertiary/aromatic N) is 2. The lowest BCUT2D eigenvalue weighted by molar-refractivity contribution is -0.0105. The molecule has 1 aromatic rings. The predicted octanol–water partition coefficient (Wildman–Crippen LogP) is 0.721. The predicted molar refractivity (Wildman–Crippen MR) is 68.5 cm³/mol. The van der Waals surface area contributed by atoms with Crippen molar-refractivity contribution in [3.8, 4) is 0 Å². The molecule has 3 unspecified atom stereocenters. The molecule has 0 aliphatic carbocycles. The van der Waals surface area contributed by atoms with Gasteiger partial charge in [-0.1, -0.05) is 0 Å². The standard InChI is InChI=1S/C13H20N2O3/c1-9-8-18-12(7-16)6-15(9)13-5-11(10(2)17)3-4-14-13/h3-5,9-10,12,16-17H,6-8H2,1-2H3. The zero-order valence-electron chi connectivity index (χ0n) is 10.8. The van der Waals surface area contributed by atoms with Gasteiger partial charge in [-0.25, -0.2) is 4.98 Å². The summed E-state index contributed by atoms with van der Waals surface area (Å²) in [5, 5.41) is 18.8. The number of rotatable bonds is 3. The van der Waals surface area contributed by atoms with E-state index in [2.05, 4.69) is 16.8 Å². The normalized spacial score (nSPS) is 26.1. The number of anilines is 1. The molecule has 0 amide bonds. The first-order chi connectivity index (χ1) is 8.61. The molecule has 0 radical (unpaired) electrons. The molecule has 18 heavy (non-hydrogen) atoms. The minimum atomic E-state index is -0.503. The molecule has 5 nitrogen and oxygen atoms in total. The van der Waals surface area contributed by atoms with Crippen LogP contribution in [0.2, 0.25) is 0 Å². The first-order valence-corrected chi connectivity index (χ1v) is 6.25. The number of aliphatic hydroxyl groups is 2. The summed E-state index contributed by atoms with van der Waals surface area (Å²) in [4.78, 5) is 6.45. The second-order valence-corrected chi connectivity index (χ2v) is 4.76. The molecule has 1 aromatic heterocycles. The van der Waals surface area contributed by atoms with E-state index >= 15 is 0 Å². The fourth-order valence-electron chi connectivity index (χ4n) is 2.10. The summed E-state index contributed by atoms with van der Waals surface area (Å²) in [6, 6.07) is 3.91. The van der Waals surface area contributed by atoms with Crippen molar-refractivity contribution >= 4 is 5.82 Å². The van der Waals surface area contributed by atoms with Gasteiger partial charge in [0.2, 0.25) is 0 Å². The number of morpholine rings is 1. The van der Waals surface area contributed by atoms with E-state index in [1.807, 2.05) is 12.1 Å². The molecule has 2 N–H and O–H groups in total. The first-order valence-electron chi connectivity index (χ1n) is 6.25. The number of ether oxygens (including phenoxy) is 1. The lowest BCUT2D eigenvalue weighted by atomic mass is 10.1. The molecule has 5 heteroatoms. The van der Waals surface area contributed by atoms with Gasteiger partial charge in [-0.05, 0) is 31.5 Å². The van der Waals surface area contributed by atoms with Crippen LogP contribution in [-0.4, -0.2) is 47.1 Å². The highest BCUT2D eigenvalue weighted by atomic mass is 16.5. The van der Waals surface area contributed by atoms with Gasteiger partial charge in [0.15, 0.2) is 0 Å². The van der Waals surface area contributed by atoms with Crippen LogP contribution in [0.25, 0.3) is 0 Å². The number of hydrogen-bond acceptors (Lipinski definition) is 5. The third-order valence-electron chi connectivity index (χ3n) is 3.26. The average Bonchev–Trinajstić information content (AvgIpc) is 2.39. The topological polar surface area (TPSA) is 65.8 Å². The first kappa shape index (κ1) is 13.3. The van der Waals surface area contributed by atoms with E-state index in [1.54, 1.807) is 13.1 Å². The maximum atomic E-state index is 9.60. The fourth-order valence-corrected chi connectivity index (χ4v) is 2.10. The molecule has 0 bridgehead atoms. The Hall–Kier alpha value is -1.17. The highest BCUT2D eigenvalue weighted by Crippen LogP contribution is 2.22. The molecule has 1 aliphatic heterocycles. The van der Waals surface area contributed by atoms with E-state index in [0.717, 1.165) is 11.4 Å². The van der Waals surface area contributed by atoms with E-state index in [-0.39, 0.29) is 18.8 Å². The average molecular weight is 252 g/mol. The lowest BCUT2D eigenvalue weighted by Gasteiger charge is -2.38. The molecule has 0 spiro atoms. The summed E-state index contributed by atoms with van der Waals surface area (Å²) >= 11 is 0. The summed E-state index contributed by atoms with van der Waals surface area (Å²) in [6.07, 6.45) is 1.03. The van der Waals surface area contributed by atoms with Crippen LogP contribution < -0.4 is 4.90 Å². The zero-order chi connectivity index (χ0) is 13.1. The van der Waals surface area contributed by atoms with Crippen molar-refractivity contribution in [2.24, 2.45) is 0 Å². The highest BCUT2D eigenvalue weighted by molar-refractivity contribution is 5.43. The Morgan fingerprint density at radius 2 is 2.39 bits per heavy atom. The Bertz CT molecular complexity index is 398. The highest BCUT2D eigenvalue weighted by Gasteiger charge is 2.26. The van der Waals surface area contributed by atoms with Crippen molar-refractivity contribution in [3.63, 3.8) is 0 Å². The summed E-state index contributed by atoms with van der Waals surface area (Å²) in [5.41, 5.74) is 0.847. The van der Waals surface area contributed by atoms with Crippen LogP contribution >= 0.6 is 0 Å². The smallest absolute Gasteiger partial charge is 0.129 e. The van der Waals surface area contributed by atoms with Gasteiger partial charge in [-0.3, -0.25) is 0 Å². The van der Waals surface area contributed by atoms with E-state index in [4.69, 9.17) is 4.74 Å². The Morgan fingerprint density at radius 1 is 1.61 bits per heavy atom. The quantitative estimate of drug-likeness (QED) is 0.830. The summed E-state index contributed by atoms with van der Waals surface area (Å²) in [5.74, 6) is 0.822. The van der Waals surface area contributed by atoms with Crippen LogP contribution in [0.15, 0.2) is 18.3 Å². The Morgan fingerprint density at radius 3 is 3.06 bits per heavy atom. The molecule has 3 atom stereocenters. The molecular formula is C13H20N2O3. The minimum Gasteiger partial charge on any atom is -0.394 e. The van der Waals surface area contributed by atoms with Crippen LogP contribution in [0.1, 0.15) is 25.5 Å². The fraction of sp³-hybridized carbons (Fsp3) is 0.615. The molecule has 0 aromatic carbocycles. The molecular weight excluding hydrogens is 232 g/mol. The van der Waals surface area contributed by atoms with Gasteiger partial charge in [-0.15, -0.1) is 0 Å². The minimum absolute atomic E-state index is 0.0132. The van der Waals surface area contributed by atoms with Gasteiger partial charge < -0.3 is 19.8 Å². The number of aromatic nitrogens is 1. The Labute approximate surface area is 107 Å². The second-order valence-electron chi connectivity index (χ2n) is 4.76. The largest absolute Gasteiger partial charge is 0.394 e. The van der Waals surface area contributed by atoms with Crippen molar-refractivity contribution in [1.82, 2.24) is 4.98 Å². The van der Waals surface area contributed by atoms with Crippen molar-refractivity contribution in [1.29, 1.82) is 0 Å². The Balaban J connectivity index is 2.20. The van der Waals surface area contributed by atoms with Gasteiger partial charge in [-0.2, -0.15) is 0 Å². The van der Waals surface area contributed by atoms with E-state index in [0.29, 0.717) is 13.2 Å². The van der Waals surface area contributed by atoms with Crippen LogP contribution in [0.3, 0.4) is 0 Å². The SMILES string of the molecule is CC(O)c1ccnc(N2CC(CO)OCC2C)c1. The third kappa shape index (κ3) is 2.80. The van der Waals surface area contributed by atoms with Crippen LogP contribution in [0, 0.1) is 0 Å². The third-order valence-corrected chi connectivity index (χ3v) is 3.26. The van der Waals surface area contributed by atoms with Crippen LogP contribution in [-0.2, 0) is 4.74 Å². The molecule has 1 fully saturated rings. The molecule has 2 heterocycles. The van der Waals surface area contributed by atoms with Crippen molar-refractivity contribution < 1.29 is 14.9 Å². The van der Waals surface area contributed by atoms with Crippen LogP contribution in [0.5, 0.6) is 0 Å². The monoisotopic (exact) mass is 252 g/mol.